The average molecular weight is 454 g/mol. The van der Waals surface area contributed by atoms with Gasteiger partial charge in [0.25, 0.3) is 5.91 Å². The van der Waals surface area contributed by atoms with E-state index in [1.807, 2.05) is 0 Å². The van der Waals surface area contributed by atoms with Crippen molar-refractivity contribution in [3.8, 4) is 11.5 Å². The average Bonchev–Trinajstić information content (AvgIpc) is 2.82. The number of hydrogen-bond donors (Lipinski definition) is 1. The van der Waals surface area contributed by atoms with Gasteiger partial charge in [-0.05, 0) is 42.5 Å². The van der Waals surface area contributed by atoms with Crippen LogP contribution in [0.1, 0.15) is 26.3 Å². The lowest BCUT2D eigenvalue weighted by molar-refractivity contribution is -0.119. The number of ether oxygens (including phenoxy) is 3. The van der Waals surface area contributed by atoms with Gasteiger partial charge in [-0.2, -0.15) is 0 Å². The fourth-order valence-corrected chi connectivity index (χ4v) is 3.06. The molecule has 3 aromatic rings. The lowest BCUT2D eigenvalue weighted by Crippen LogP contribution is -2.22. The van der Waals surface area contributed by atoms with E-state index in [4.69, 9.17) is 25.8 Å². The number of nitrogens with one attached hydrogen (secondary N) is 1. The van der Waals surface area contributed by atoms with E-state index in [0.717, 1.165) is 0 Å². The maximum Gasteiger partial charge on any atom is 0.339 e. The summed E-state index contributed by atoms with van der Waals surface area (Å²) in [4.78, 5) is 37.6. The Balaban J connectivity index is 1.67. The number of carbonyl (C=O) groups excluding carboxylic acids is 3. The van der Waals surface area contributed by atoms with E-state index in [0.29, 0.717) is 27.8 Å². The molecular formula is C24H20ClNO6. The van der Waals surface area contributed by atoms with Crippen molar-refractivity contribution < 1.29 is 28.6 Å². The van der Waals surface area contributed by atoms with Crippen LogP contribution in [-0.2, 0) is 9.53 Å². The van der Waals surface area contributed by atoms with Crippen LogP contribution in [0.2, 0.25) is 5.02 Å². The van der Waals surface area contributed by atoms with E-state index in [9.17, 15) is 14.4 Å². The number of amides is 1. The molecule has 0 radical (unpaired) electrons. The number of esters is 1. The normalized spacial score (nSPS) is 10.2. The standard InChI is InChI=1S/C24H20ClNO6/c1-30-20-12-11-17(13-21(20)31-2)26-22(27)14-32-24(29)19-6-4-3-5-18(19)23(28)15-7-9-16(25)10-8-15/h3-13H,14H2,1-2H3,(H,26,27). The molecule has 3 aromatic carbocycles. The second kappa shape index (κ2) is 10.5. The maximum absolute atomic E-state index is 12.8. The molecular weight excluding hydrogens is 434 g/mol. The Bertz CT molecular complexity index is 1140. The minimum Gasteiger partial charge on any atom is -0.493 e. The predicted octanol–water partition coefficient (Wildman–Crippen LogP) is 4.38. The highest BCUT2D eigenvalue weighted by molar-refractivity contribution is 6.30. The van der Waals surface area contributed by atoms with Crippen LogP contribution in [0.15, 0.2) is 66.7 Å². The van der Waals surface area contributed by atoms with Crippen LogP contribution in [0, 0.1) is 0 Å². The van der Waals surface area contributed by atoms with E-state index >= 15 is 0 Å². The molecule has 3 rings (SSSR count). The summed E-state index contributed by atoms with van der Waals surface area (Å²) in [6.45, 7) is -0.531. The Morgan fingerprint density at radius 1 is 0.844 bits per heavy atom. The third kappa shape index (κ3) is 5.44. The number of hydrogen-bond acceptors (Lipinski definition) is 6. The molecule has 164 valence electrons. The molecule has 1 N–H and O–H groups in total. The van der Waals surface area contributed by atoms with Gasteiger partial charge in [-0.1, -0.05) is 29.8 Å². The smallest absolute Gasteiger partial charge is 0.339 e. The summed E-state index contributed by atoms with van der Waals surface area (Å²) in [6, 6.07) is 17.4. The SMILES string of the molecule is COc1ccc(NC(=O)COC(=O)c2ccccc2C(=O)c2ccc(Cl)cc2)cc1OC. The van der Waals surface area contributed by atoms with Gasteiger partial charge >= 0.3 is 5.97 Å². The first-order valence-electron chi connectivity index (χ1n) is 9.51. The van der Waals surface area contributed by atoms with E-state index in [1.165, 1.54) is 26.4 Å². The number of carbonyl (C=O) groups is 3. The Hall–Kier alpha value is -3.84. The third-order valence-electron chi connectivity index (χ3n) is 4.50. The van der Waals surface area contributed by atoms with Gasteiger partial charge in [0, 0.05) is 27.9 Å². The van der Waals surface area contributed by atoms with Crippen LogP contribution >= 0.6 is 11.6 Å². The molecule has 0 unspecified atom stereocenters. The topological polar surface area (TPSA) is 90.9 Å². The van der Waals surface area contributed by atoms with E-state index in [1.54, 1.807) is 54.6 Å². The maximum atomic E-state index is 12.8. The molecule has 32 heavy (non-hydrogen) atoms. The summed E-state index contributed by atoms with van der Waals surface area (Å²) < 4.78 is 15.5. The van der Waals surface area contributed by atoms with Gasteiger partial charge in [0.05, 0.1) is 19.8 Å². The highest BCUT2D eigenvalue weighted by Crippen LogP contribution is 2.29. The van der Waals surface area contributed by atoms with Crippen LogP contribution in [0.5, 0.6) is 11.5 Å². The summed E-state index contributed by atoms with van der Waals surface area (Å²) >= 11 is 5.87. The Kier molecular flexibility index (Phi) is 7.46. The van der Waals surface area contributed by atoms with Crippen molar-refractivity contribution in [3.63, 3.8) is 0 Å². The van der Waals surface area contributed by atoms with E-state index in [-0.39, 0.29) is 16.9 Å². The molecule has 0 spiro atoms. The number of halogens is 1. The zero-order chi connectivity index (χ0) is 23.1. The summed E-state index contributed by atoms with van der Waals surface area (Å²) in [5.41, 5.74) is 1.05. The Morgan fingerprint density at radius 2 is 1.50 bits per heavy atom. The Morgan fingerprint density at radius 3 is 2.16 bits per heavy atom. The largest absolute Gasteiger partial charge is 0.493 e. The predicted molar refractivity (Wildman–Crippen MR) is 120 cm³/mol. The van der Waals surface area contributed by atoms with Crippen molar-refractivity contribution in [1.82, 2.24) is 0 Å². The van der Waals surface area contributed by atoms with Gasteiger partial charge in [0.2, 0.25) is 0 Å². The third-order valence-corrected chi connectivity index (χ3v) is 4.75. The molecule has 0 atom stereocenters. The molecule has 0 saturated carbocycles. The van der Waals surface area contributed by atoms with Crippen molar-refractivity contribution in [1.29, 1.82) is 0 Å². The number of benzene rings is 3. The second-order valence-electron chi connectivity index (χ2n) is 6.58. The fourth-order valence-electron chi connectivity index (χ4n) is 2.94. The van der Waals surface area contributed by atoms with Gasteiger partial charge in [0.1, 0.15) is 0 Å². The summed E-state index contributed by atoms with van der Waals surface area (Å²) in [5, 5.41) is 3.11. The van der Waals surface area contributed by atoms with Crippen molar-refractivity contribution >= 4 is 34.9 Å². The van der Waals surface area contributed by atoms with Crippen molar-refractivity contribution in [3.05, 3.63) is 88.4 Å². The first kappa shape index (κ1) is 22.8. The van der Waals surface area contributed by atoms with Crippen molar-refractivity contribution in [2.45, 2.75) is 0 Å². The number of rotatable bonds is 8. The number of ketones is 1. The minimum atomic E-state index is -0.787. The molecule has 0 aromatic heterocycles. The molecule has 0 aliphatic rings. The quantitative estimate of drug-likeness (QED) is 0.402. The highest BCUT2D eigenvalue weighted by Gasteiger charge is 2.20. The summed E-state index contributed by atoms with van der Waals surface area (Å²) in [6.07, 6.45) is 0. The van der Waals surface area contributed by atoms with E-state index < -0.39 is 18.5 Å². The van der Waals surface area contributed by atoms with Gasteiger partial charge in [-0.3, -0.25) is 9.59 Å². The first-order chi connectivity index (χ1) is 15.4. The summed E-state index contributed by atoms with van der Waals surface area (Å²) in [7, 11) is 2.99. The number of methoxy groups -OCH3 is 2. The van der Waals surface area contributed by atoms with Crippen LogP contribution in [0.3, 0.4) is 0 Å². The van der Waals surface area contributed by atoms with Crippen molar-refractivity contribution in [2.24, 2.45) is 0 Å². The van der Waals surface area contributed by atoms with Crippen molar-refractivity contribution in [2.75, 3.05) is 26.1 Å². The molecule has 8 heteroatoms. The molecule has 0 bridgehead atoms. The molecule has 0 heterocycles. The summed E-state index contributed by atoms with van der Waals surface area (Å²) in [5.74, 6) is -0.739. The van der Waals surface area contributed by atoms with Crippen LogP contribution in [0.4, 0.5) is 5.69 Å². The number of anilines is 1. The highest BCUT2D eigenvalue weighted by atomic mass is 35.5. The van der Waals surface area contributed by atoms with Gasteiger partial charge in [-0.15, -0.1) is 0 Å². The molecule has 0 aliphatic carbocycles. The zero-order valence-electron chi connectivity index (χ0n) is 17.4. The van der Waals surface area contributed by atoms with E-state index in [2.05, 4.69) is 5.32 Å². The minimum absolute atomic E-state index is 0.0615. The molecule has 0 saturated heterocycles. The van der Waals surface area contributed by atoms with Crippen LogP contribution < -0.4 is 14.8 Å². The zero-order valence-corrected chi connectivity index (χ0v) is 18.1. The lowest BCUT2D eigenvalue weighted by atomic mass is 9.98. The monoisotopic (exact) mass is 453 g/mol. The van der Waals surface area contributed by atoms with Crippen LogP contribution in [-0.4, -0.2) is 38.5 Å². The fraction of sp³-hybridized carbons (Fsp3) is 0.125. The lowest BCUT2D eigenvalue weighted by Gasteiger charge is -2.11. The molecule has 7 nitrogen and oxygen atoms in total. The van der Waals surface area contributed by atoms with Gasteiger partial charge in [0.15, 0.2) is 23.9 Å². The van der Waals surface area contributed by atoms with Crippen LogP contribution in [0.25, 0.3) is 0 Å². The second-order valence-corrected chi connectivity index (χ2v) is 7.01. The molecule has 0 aliphatic heterocycles. The van der Waals surface area contributed by atoms with Gasteiger partial charge in [-0.25, -0.2) is 4.79 Å². The first-order valence-corrected chi connectivity index (χ1v) is 9.89. The molecule has 1 amide bonds. The molecule has 0 fully saturated rings. The van der Waals surface area contributed by atoms with Gasteiger partial charge < -0.3 is 19.5 Å². The Labute approximate surface area is 189 Å².